The molecule has 2 aliphatic rings. The van der Waals surface area contributed by atoms with Crippen molar-refractivity contribution < 1.29 is 40.3 Å². The summed E-state index contributed by atoms with van der Waals surface area (Å²) in [5.41, 5.74) is 2.82. The number of likely N-dealkylation sites (tertiary alicyclic amines) is 1. The zero-order valence-electron chi connectivity index (χ0n) is 20.6. The summed E-state index contributed by atoms with van der Waals surface area (Å²) in [5, 5.41) is 0. The van der Waals surface area contributed by atoms with Gasteiger partial charge in [0.15, 0.2) is 0 Å². The van der Waals surface area contributed by atoms with Crippen molar-refractivity contribution in [3.8, 4) is 0 Å². The second kappa shape index (κ2) is 11.7. The van der Waals surface area contributed by atoms with E-state index in [1.54, 1.807) is 4.90 Å². The Morgan fingerprint density at radius 1 is 0.923 bits per heavy atom. The molecule has 13 heteroatoms. The van der Waals surface area contributed by atoms with E-state index in [0.717, 1.165) is 0 Å². The normalized spacial score (nSPS) is 20.3. The summed E-state index contributed by atoms with van der Waals surface area (Å²) in [6.45, 7) is 0.145. The fourth-order valence-corrected chi connectivity index (χ4v) is 5.02. The molecule has 0 bridgehead atoms. The van der Waals surface area contributed by atoms with E-state index in [2.05, 4.69) is 0 Å². The highest BCUT2D eigenvalue weighted by molar-refractivity contribution is 5.85. The van der Waals surface area contributed by atoms with E-state index >= 15 is 0 Å². The van der Waals surface area contributed by atoms with Crippen molar-refractivity contribution in [1.29, 1.82) is 0 Å². The topological polar surface area (TPSA) is 66.6 Å². The van der Waals surface area contributed by atoms with Gasteiger partial charge in [0.1, 0.15) is 5.82 Å². The Kier molecular flexibility index (Phi) is 9.21. The number of alkyl halides is 6. The van der Waals surface area contributed by atoms with Crippen molar-refractivity contribution in [3.63, 3.8) is 0 Å². The number of nitrogens with zero attached hydrogens (tertiary/aromatic N) is 2. The monoisotopic (exact) mass is 581 g/mol. The minimum atomic E-state index is -4.99. The molecule has 2 atom stereocenters. The fraction of sp³-hybridized carbons (Fsp3) is 0.462. The Hall–Kier alpha value is -2.86. The van der Waals surface area contributed by atoms with E-state index < -0.39 is 59.5 Å². The predicted octanol–water partition coefficient (Wildman–Crippen LogP) is 5.37. The second-order valence-electron chi connectivity index (χ2n) is 9.87. The molecule has 2 N–H and O–H groups in total. The first-order valence-electron chi connectivity index (χ1n) is 12.1. The molecular weight excluding hydrogens is 555 g/mol. The van der Waals surface area contributed by atoms with Crippen LogP contribution in [-0.2, 0) is 28.5 Å². The first-order valence-corrected chi connectivity index (χ1v) is 12.1. The van der Waals surface area contributed by atoms with Crippen LogP contribution in [0.2, 0.25) is 0 Å². The van der Waals surface area contributed by atoms with Gasteiger partial charge in [-0.1, -0.05) is 12.1 Å². The van der Waals surface area contributed by atoms with E-state index in [1.165, 1.54) is 29.2 Å². The SMILES string of the molecule is Cl.NC(=O)CN1CCC(C(=O)N(Cc2cc(C(F)(F)F)cc(C(F)(F)F)c2)C2CC2)C(c2ccc(F)cc2)C1. The summed E-state index contributed by atoms with van der Waals surface area (Å²) >= 11 is 0. The van der Waals surface area contributed by atoms with Crippen LogP contribution in [0.5, 0.6) is 0 Å². The van der Waals surface area contributed by atoms with Crippen LogP contribution in [0.3, 0.4) is 0 Å². The molecule has 1 aliphatic carbocycles. The van der Waals surface area contributed by atoms with Crippen LogP contribution in [0.15, 0.2) is 42.5 Å². The lowest BCUT2D eigenvalue weighted by Crippen LogP contribution is -2.48. The number of piperidine rings is 1. The Bertz CT molecular complexity index is 1150. The molecule has 2 unspecified atom stereocenters. The lowest BCUT2D eigenvalue weighted by molar-refractivity contribution is -0.143. The summed E-state index contributed by atoms with van der Waals surface area (Å²) in [7, 11) is 0. The summed E-state index contributed by atoms with van der Waals surface area (Å²) in [6, 6.07) is 6.58. The van der Waals surface area contributed by atoms with Crippen molar-refractivity contribution in [1.82, 2.24) is 9.80 Å². The van der Waals surface area contributed by atoms with Crippen molar-refractivity contribution >= 4 is 24.2 Å². The number of carbonyl (C=O) groups is 2. The average Bonchev–Trinajstić information content (AvgIpc) is 3.66. The van der Waals surface area contributed by atoms with Crippen LogP contribution in [0.25, 0.3) is 0 Å². The zero-order chi connectivity index (χ0) is 27.8. The third kappa shape index (κ3) is 7.63. The highest BCUT2D eigenvalue weighted by atomic mass is 35.5. The molecule has 4 rings (SSSR count). The number of amides is 2. The van der Waals surface area contributed by atoms with E-state index in [9.17, 15) is 40.3 Å². The summed E-state index contributed by atoms with van der Waals surface area (Å²) < 4.78 is 93.8. The lowest BCUT2D eigenvalue weighted by Gasteiger charge is -2.40. The highest BCUT2D eigenvalue weighted by Gasteiger charge is 2.43. The van der Waals surface area contributed by atoms with Crippen LogP contribution in [0.4, 0.5) is 30.7 Å². The highest BCUT2D eigenvalue weighted by Crippen LogP contribution is 2.40. The first-order chi connectivity index (χ1) is 17.7. The summed E-state index contributed by atoms with van der Waals surface area (Å²) in [6.07, 6.45) is -8.54. The number of halogens is 8. The predicted molar refractivity (Wildman–Crippen MR) is 130 cm³/mol. The number of hydrogen-bond acceptors (Lipinski definition) is 3. The van der Waals surface area contributed by atoms with Gasteiger partial charge in [0.05, 0.1) is 17.7 Å². The summed E-state index contributed by atoms with van der Waals surface area (Å²) in [4.78, 5) is 28.4. The van der Waals surface area contributed by atoms with Crippen molar-refractivity contribution in [2.45, 2.75) is 50.1 Å². The molecule has 214 valence electrons. The number of carbonyl (C=O) groups excluding carboxylic acids is 2. The van der Waals surface area contributed by atoms with Crippen LogP contribution >= 0.6 is 12.4 Å². The van der Waals surface area contributed by atoms with Crippen molar-refractivity contribution in [2.75, 3.05) is 19.6 Å². The van der Waals surface area contributed by atoms with Crippen LogP contribution in [0, 0.1) is 11.7 Å². The maximum absolute atomic E-state index is 13.8. The Balaban J connectivity index is 0.00000420. The molecule has 39 heavy (non-hydrogen) atoms. The number of primary amides is 1. The quantitative estimate of drug-likeness (QED) is 0.447. The standard InChI is InChI=1S/C26H26F7N3O2.ClH/c27-19-3-1-16(2-4-19)22-13-35(14-23(34)37)8-7-21(22)24(38)36(20-5-6-20)12-15-9-17(25(28,29)30)11-18(10-15)26(31,32)33;/h1-4,9-11,20-22H,5-8,12-14H2,(H2,34,37);1H. The van der Waals surface area contributed by atoms with Gasteiger partial charge in [-0.3, -0.25) is 14.5 Å². The zero-order valence-corrected chi connectivity index (χ0v) is 21.4. The van der Waals surface area contributed by atoms with Crippen LogP contribution < -0.4 is 5.73 Å². The minimum absolute atomic E-state index is 0. The van der Waals surface area contributed by atoms with E-state index in [-0.39, 0.29) is 49.6 Å². The van der Waals surface area contributed by atoms with Crippen LogP contribution in [0.1, 0.15) is 47.4 Å². The smallest absolute Gasteiger partial charge is 0.369 e. The molecule has 0 radical (unpaired) electrons. The molecule has 0 aromatic heterocycles. The maximum atomic E-state index is 13.8. The van der Waals surface area contributed by atoms with Gasteiger partial charge in [0.2, 0.25) is 11.8 Å². The van der Waals surface area contributed by atoms with Crippen molar-refractivity contribution in [3.05, 3.63) is 70.5 Å². The molecule has 1 saturated heterocycles. The molecule has 2 fully saturated rings. The van der Waals surface area contributed by atoms with Gasteiger partial charge in [0, 0.05) is 31.0 Å². The molecule has 1 aliphatic heterocycles. The Morgan fingerprint density at radius 2 is 1.49 bits per heavy atom. The molecule has 0 spiro atoms. The molecular formula is C26H27ClF7N3O2. The van der Waals surface area contributed by atoms with Gasteiger partial charge < -0.3 is 10.6 Å². The molecule has 2 aromatic rings. The Labute approximate surface area is 226 Å². The lowest BCUT2D eigenvalue weighted by atomic mass is 9.79. The van der Waals surface area contributed by atoms with Gasteiger partial charge >= 0.3 is 12.4 Å². The number of nitrogens with two attached hydrogens (primary N) is 1. The van der Waals surface area contributed by atoms with Crippen molar-refractivity contribution in [2.24, 2.45) is 11.7 Å². The van der Waals surface area contributed by atoms with Gasteiger partial charge in [-0.05, 0) is 67.3 Å². The molecule has 2 aromatic carbocycles. The third-order valence-corrected chi connectivity index (χ3v) is 6.96. The number of benzene rings is 2. The molecule has 1 saturated carbocycles. The van der Waals surface area contributed by atoms with E-state index in [0.29, 0.717) is 37.1 Å². The van der Waals surface area contributed by atoms with Gasteiger partial charge in [-0.15, -0.1) is 12.4 Å². The molecule has 2 amide bonds. The largest absolute Gasteiger partial charge is 0.416 e. The molecule has 1 heterocycles. The van der Waals surface area contributed by atoms with Gasteiger partial charge in [-0.2, -0.15) is 26.3 Å². The van der Waals surface area contributed by atoms with E-state index in [1.807, 2.05) is 0 Å². The number of hydrogen-bond donors (Lipinski definition) is 1. The van der Waals surface area contributed by atoms with Gasteiger partial charge in [0.25, 0.3) is 0 Å². The first kappa shape index (κ1) is 30.7. The molecule has 5 nitrogen and oxygen atoms in total. The third-order valence-electron chi connectivity index (χ3n) is 6.96. The number of rotatable bonds is 7. The van der Waals surface area contributed by atoms with Crippen LogP contribution in [-0.4, -0.2) is 47.3 Å². The fourth-order valence-electron chi connectivity index (χ4n) is 5.02. The Morgan fingerprint density at radius 3 is 1.97 bits per heavy atom. The minimum Gasteiger partial charge on any atom is -0.369 e. The maximum Gasteiger partial charge on any atom is 0.416 e. The van der Waals surface area contributed by atoms with Gasteiger partial charge in [-0.25, -0.2) is 4.39 Å². The average molecular weight is 582 g/mol. The second-order valence-corrected chi connectivity index (χ2v) is 9.87. The summed E-state index contributed by atoms with van der Waals surface area (Å²) in [5.74, 6) is -2.59. The van der Waals surface area contributed by atoms with E-state index in [4.69, 9.17) is 5.73 Å².